The summed E-state index contributed by atoms with van der Waals surface area (Å²) in [5.41, 5.74) is 1.18. The van der Waals surface area contributed by atoms with Crippen LogP contribution in [0.25, 0.3) is 0 Å². The molecule has 1 aromatic rings. The lowest BCUT2D eigenvalue weighted by atomic mass is 10.2. The van der Waals surface area contributed by atoms with E-state index in [2.05, 4.69) is 18.4 Å². The quantitative estimate of drug-likeness (QED) is 0.708. The first kappa shape index (κ1) is 9.66. The minimum Gasteiger partial charge on any atom is -0.302 e. The van der Waals surface area contributed by atoms with Crippen LogP contribution in [-0.2, 0) is 6.54 Å². The summed E-state index contributed by atoms with van der Waals surface area (Å²) in [6.07, 6.45) is 3.58. The second-order valence-electron chi connectivity index (χ2n) is 4.05. The Morgan fingerprint density at radius 1 is 1.36 bits per heavy atom. The molecular formula is C12H15FN. The van der Waals surface area contributed by atoms with Gasteiger partial charge >= 0.3 is 0 Å². The summed E-state index contributed by atoms with van der Waals surface area (Å²) in [4.78, 5) is 2.28. The van der Waals surface area contributed by atoms with Gasteiger partial charge in [-0.2, -0.15) is 0 Å². The molecule has 0 heterocycles. The van der Waals surface area contributed by atoms with E-state index >= 15 is 0 Å². The number of halogens is 1. The molecule has 0 N–H and O–H groups in total. The molecule has 0 bridgehead atoms. The molecule has 14 heavy (non-hydrogen) atoms. The molecule has 1 aliphatic rings. The molecule has 0 spiro atoms. The van der Waals surface area contributed by atoms with Crippen molar-refractivity contribution in [2.45, 2.75) is 13.0 Å². The van der Waals surface area contributed by atoms with E-state index in [1.165, 1.54) is 24.1 Å². The second kappa shape index (κ2) is 4.09. The van der Waals surface area contributed by atoms with Gasteiger partial charge in [-0.15, -0.1) is 0 Å². The third-order valence-electron chi connectivity index (χ3n) is 2.48. The molecule has 1 aliphatic carbocycles. The zero-order chi connectivity index (χ0) is 9.97. The first-order valence-electron chi connectivity index (χ1n) is 5.00. The van der Waals surface area contributed by atoms with Gasteiger partial charge in [0.15, 0.2) is 0 Å². The van der Waals surface area contributed by atoms with E-state index in [1.54, 1.807) is 0 Å². The molecule has 2 rings (SSSR count). The topological polar surface area (TPSA) is 3.24 Å². The predicted octanol–water partition coefficient (Wildman–Crippen LogP) is 2.48. The van der Waals surface area contributed by atoms with E-state index in [4.69, 9.17) is 0 Å². The van der Waals surface area contributed by atoms with Crippen molar-refractivity contribution in [1.82, 2.24) is 4.90 Å². The van der Waals surface area contributed by atoms with Crippen LogP contribution in [0.3, 0.4) is 0 Å². The van der Waals surface area contributed by atoms with Crippen molar-refractivity contribution in [3.8, 4) is 0 Å². The van der Waals surface area contributed by atoms with Crippen molar-refractivity contribution in [3.63, 3.8) is 0 Å². The van der Waals surface area contributed by atoms with Crippen LogP contribution in [0, 0.1) is 18.2 Å². The number of hydrogen-bond donors (Lipinski definition) is 0. The second-order valence-corrected chi connectivity index (χ2v) is 4.05. The standard InChI is InChI=1S/C12H15FN/c1-14(8-10-2-3-10)9-11-4-6-12(13)7-5-11/h2,4-7,10H,3,8-9H2,1H3. The molecule has 1 fully saturated rings. The predicted molar refractivity (Wildman–Crippen MR) is 55.1 cm³/mol. The van der Waals surface area contributed by atoms with Crippen molar-refractivity contribution in [1.29, 1.82) is 0 Å². The Kier molecular flexibility index (Phi) is 2.82. The molecule has 1 unspecified atom stereocenters. The zero-order valence-electron chi connectivity index (χ0n) is 8.41. The van der Waals surface area contributed by atoms with Crippen LogP contribution in [0.1, 0.15) is 12.0 Å². The summed E-state index contributed by atoms with van der Waals surface area (Å²) in [5.74, 6) is 0.632. The monoisotopic (exact) mass is 192 g/mol. The van der Waals surface area contributed by atoms with Gasteiger partial charge in [-0.25, -0.2) is 4.39 Å². The van der Waals surface area contributed by atoms with Gasteiger partial charge in [0.2, 0.25) is 0 Å². The minimum atomic E-state index is -0.160. The number of nitrogens with zero attached hydrogens (tertiary/aromatic N) is 1. The van der Waals surface area contributed by atoms with Crippen LogP contribution in [-0.4, -0.2) is 18.5 Å². The van der Waals surface area contributed by atoms with Gasteiger partial charge in [0.05, 0.1) is 0 Å². The van der Waals surface area contributed by atoms with Crippen molar-refractivity contribution < 1.29 is 4.39 Å². The summed E-state index contributed by atoms with van der Waals surface area (Å²) >= 11 is 0. The number of benzene rings is 1. The Hall–Kier alpha value is -0.890. The van der Waals surface area contributed by atoms with E-state index in [0.717, 1.165) is 19.0 Å². The summed E-state index contributed by atoms with van der Waals surface area (Å²) in [5, 5.41) is 0. The lowest BCUT2D eigenvalue weighted by Gasteiger charge is -2.15. The van der Waals surface area contributed by atoms with Crippen molar-refractivity contribution in [3.05, 3.63) is 42.1 Å². The highest BCUT2D eigenvalue weighted by Crippen LogP contribution is 2.28. The highest BCUT2D eigenvalue weighted by atomic mass is 19.1. The van der Waals surface area contributed by atoms with Gasteiger partial charge in [-0.1, -0.05) is 12.1 Å². The maximum absolute atomic E-state index is 12.6. The maximum atomic E-state index is 12.6. The van der Waals surface area contributed by atoms with Crippen LogP contribution < -0.4 is 0 Å². The summed E-state index contributed by atoms with van der Waals surface area (Å²) < 4.78 is 12.6. The van der Waals surface area contributed by atoms with Crippen molar-refractivity contribution in [2.24, 2.45) is 5.92 Å². The van der Waals surface area contributed by atoms with E-state index in [1.807, 2.05) is 12.1 Å². The Bertz CT molecular complexity index is 290. The van der Waals surface area contributed by atoms with Crippen LogP contribution >= 0.6 is 0 Å². The molecule has 75 valence electrons. The Morgan fingerprint density at radius 3 is 2.57 bits per heavy atom. The molecule has 1 aromatic carbocycles. The number of hydrogen-bond acceptors (Lipinski definition) is 1. The minimum absolute atomic E-state index is 0.160. The summed E-state index contributed by atoms with van der Waals surface area (Å²) in [7, 11) is 2.11. The fourth-order valence-corrected chi connectivity index (χ4v) is 1.61. The van der Waals surface area contributed by atoms with Gasteiger partial charge in [0.25, 0.3) is 0 Å². The molecule has 2 heteroatoms. The largest absolute Gasteiger partial charge is 0.302 e. The molecule has 0 saturated heterocycles. The fourth-order valence-electron chi connectivity index (χ4n) is 1.61. The van der Waals surface area contributed by atoms with E-state index in [-0.39, 0.29) is 5.82 Å². The van der Waals surface area contributed by atoms with E-state index in [9.17, 15) is 4.39 Å². The molecular weight excluding hydrogens is 177 g/mol. The summed E-state index contributed by atoms with van der Waals surface area (Å²) in [6, 6.07) is 6.74. The number of rotatable bonds is 4. The third-order valence-corrected chi connectivity index (χ3v) is 2.48. The zero-order valence-corrected chi connectivity index (χ0v) is 8.41. The average Bonchev–Trinajstić information content (AvgIpc) is 2.93. The van der Waals surface area contributed by atoms with Gasteiger partial charge in [0.1, 0.15) is 5.82 Å². The molecule has 0 amide bonds. The Balaban J connectivity index is 1.85. The van der Waals surface area contributed by atoms with Gasteiger partial charge in [0, 0.05) is 13.1 Å². The summed E-state index contributed by atoms with van der Waals surface area (Å²) in [6.45, 7) is 2.03. The van der Waals surface area contributed by atoms with Gasteiger partial charge in [-0.05, 0) is 43.5 Å². The average molecular weight is 192 g/mol. The fraction of sp³-hybridized carbons (Fsp3) is 0.417. The normalized spacial score (nSPS) is 16.2. The van der Waals surface area contributed by atoms with Gasteiger partial charge < -0.3 is 4.90 Å². The van der Waals surface area contributed by atoms with E-state index < -0.39 is 0 Å². The van der Waals surface area contributed by atoms with Crippen LogP contribution in [0.5, 0.6) is 0 Å². The van der Waals surface area contributed by atoms with Crippen LogP contribution in [0.4, 0.5) is 4.39 Å². The maximum Gasteiger partial charge on any atom is 0.123 e. The molecule has 1 nitrogen and oxygen atoms in total. The molecule has 0 aliphatic heterocycles. The lowest BCUT2D eigenvalue weighted by Crippen LogP contribution is -2.20. The van der Waals surface area contributed by atoms with Crippen LogP contribution in [0.2, 0.25) is 0 Å². The molecule has 1 atom stereocenters. The lowest BCUT2D eigenvalue weighted by molar-refractivity contribution is 0.316. The molecule has 1 radical (unpaired) electrons. The smallest absolute Gasteiger partial charge is 0.123 e. The van der Waals surface area contributed by atoms with Crippen molar-refractivity contribution >= 4 is 0 Å². The third kappa shape index (κ3) is 2.81. The highest BCUT2D eigenvalue weighted by molar-refractivity contribution is 5.15. The van der Waals surface area contributed by atoms with Crippen LogP contribution in [0.15, 0.2) is 24.3 Å². The first-order valence-corrected chi connectivity index (χ1v) is 5.00. The Labute approximate surface area is 84.5 Å². The van der Waals surface area contributed by atoms with Crippen molar-refractivity contribution in [2.75, 3.05) is 13.6 Å². The Morgan fingerprint density at radius 2 is 2.00 bits per heavy atom. The van der Waals surface area contributed by atoms with E-state index in [0.29, 0.717) is 0 Å². The van der Waals surface area contributed by atoms with Gasteiger partial charge in [-0.3, -0.25) is 0 Å². The molecule has 0 aromatic heterocycles. The highest BCUT2D eigenvalue weighted by Gasteiger charge is 2.22. The molecule has 1 saturated carbocycles. The first-order chi connectivity index (χ1) is 6.74. The SMILES string of the molecule is CN(Cc1ccc(F)cc1)CC1[CH]C1.